The van der Waals surface area contributed by atoms with Gasteiger partial charge in [-0.2, -0.15) is 0 Å². The van der Waals surface area contributed by atoms with Crippen molar-refractivity contribution in [2.24, 2.45) is 0 Å². The summed E-state index contributed by atoms with van der Waals surface area (Å²) >= 11 is 0. The summed E-state index contributed by atoms with van der Waals surface area (Å²) in [6.07, 6.45) is 0.617. The van der Waals surface area contributed by atoms with Crippen LogP contribution < -0.4 is 5.32 Å². The van der Waals surface area contributed by atoms with Gasteiger partial charge in [-0.25, -0.2) is 12.8 Å². The van der Waals surface area contributed by atoms with E-state index in [-0.39, 0.29) is 17.5 Å². The van der Waals surface area contributed by atoms with E-state index in [1.165, 1.54) is 24.3 Å². The first-order valence-electron chi connectivity index (χ1n) is 6.37. The Kier molecular flexibility index (Phi) is 4.54. The molecule has 0 bridgehead atoms. The highest BCUT2D eigenvalue weighted by Crippen LogP contribution is 2.25. The van der Waals surface area contributed by atoms with Gasteiger partial charge in [0.15, 0.2) is 9.84 Å². The van der Waals surface area contributed by atoms with Gasteiger partial charge in [-0.05, 0) is 25.1 Å². The van der Waals surface area contributed by atoms with Crippen LogP contribution in [0.2, 0.25) is 0 Å². The highest BCUT2D eigenvalue weighted by atomic mass is 32.2. The van der Waals surface area contributed by atoms with Crippen molar-refractivity contribution < 1.29 is 17.5 Å². The van der Waals surface area contributed by atoms with Gasteiger partial charge in [0.2, 0.25) is 0 Å². The summed E-state index contributed by atoms with van der Waals surface area (Å²) in [7, 11) is -3.73. The molecule has 2 rings (SSSR count). The Morgan fingerprint density at radius 2 is 2.16 bits per heavy atom. The van der Waals surface area contributed by atoms with Gasteiger partial charge < -0.3 is 10.1 Å². The van der Waals surface area contributed by atoms with Gasteiger partial charge in [-0.1, -0.05) is 19.1 Å². The van der Waals surface area contributed by atoms with Crippen molar-refractivity contribution in [3.63, 3.8) is 0 Å². The molecule has 2 atom stereocenters. The first kappa shape index (κ1) is 14.4. The molecule has 1 aromatic rings. The van der Waals surface area contributed by atoms with Gasteiger partial charge in [0.25, 0.3) is 0 Å². The summed E-state index contributed by atoms with van der Waals surface area (Å²) in [5.74, 6) is -0.705. The number of halogens is 1. The summed E-state index contributed by atoms with van der Waals surface area (Å²) < 4.78 is 44.0. The lowest BCUT2D eigenvalue weighted by molar-refractivity contribution is 0.0811. The normalized spacial score (nSPS) is 24.3. The maximum absolute atomic E-state index is 13.7. The second-order valence-electron chi connectivity index (χ2n) is 4.54. The molecule has 0 radical (unpaired) electrons. The second kappa shape index (κ2) is 5.98. The number of ether oxygens (including phenoxy) is 1. The highest BCUT2D eigenvalue weighted by Gasteiger charge is 2.38. The topological polar surface area (TPSA) is 55.4 Å². The fraction of sp³-hybridized carbons (Fsp3) is 0.538. The van der Waals surface area contributed by atoms with Crippen LogP contribution in [0, 0.1) is 5.82 Å². The van der Waals surface area contributed by atoms with Gasteiger partial charge in [0.05, 0.1) is 6.61 Å². The van der Waals surface area contributed by atoms with E-state index in [1.807, 2.05) is 6.92 Å². The van der Waals surface area contributed by atoms with E-state index in [1.54, 1.807) is 0 Å². The van der Waals surface area contributed by atoms with Crippen LogP contribution in [0.15, 0.2) is 29.2 Å². The van der Waals surface area contributed by atoms with Crippen molar-refractivity contribution in [2.45, 2.75) is 29.5 Å². The third-order valence-electron chi connectivity index (χ3n) is 3.31. The van der Waals surface area contributed by atoms with Crippen molar-refractivity contribution >= 4 is 9.84 Å². The quantitative estimate of drug-likeness (QED) is 0.908. The molecule has 0 aromatic heterocycles. The first-order chi connectivity index (χ1) is 9.07. The molecule has 4 nitrogen and oxygen atoms in total. The SMILES string of the molecule is CCNC1CCOCC1S(=O)(=O)c1ccccc1F. The maximum atomic E-state index is 13.7. The second-order valence-corrected chi connectivity index (χ2v) is 6.68. The number of nitrogens with one attached hydrogen (secondary N) is 1. The zero-order valence-electron chi connectivity index (χ0n) is 10.8. The summed E-state index contributed by atoms with van der Waals surface area (Å²) in [5.41, 5.74) is 0. The van der Waals surface area contributed by atoms with E-state index < -0.39 is 20.9 Å². The molecule has 0 saturated carbocycles. The summed E-state index contributed by atoms with van der Waals surface area (Å²) in [6.45, 7) is 3.23. The molecular weight excluding hydrogens is 269 g/mol. The minimum absolute atomic E-state index is 0.105. The van der Waals surface area contributed by atoms with Crippen molar-refractivity contribution in [3.05, 3.63) is 30.1 Å². The molecular formula is C13H18FNO3S. The Bertz CT molecular complexity index is 530. The summed E-state index contributed by atoms with van der Waals surface area (Å²) in [5, 5.41) is 2.41. The zero-order chi connectivity index (χ0) is 13.9. The van der Waals surface area contributed by atoms with Gasteiger partial charge in [-0.15, -0.1) is 0 Å². The predicted octanol–water partition coefficient (Wildman–Crippen LogP) is 1.37. The monoisotopic (exact) mass is 287 g/mol. The molecule has 0 amide bonds. The summed E-state index contributed by atoms with van der Waals surface area (Å²) in [6, 6.07) is 5.29. The van der Waals surface area contributed by atoms with E-state index in [9.17, 15) is 12.8 Å². The van der Waals surface area contributed by atoms with E-state index >= 15 is 0 Å². The molecule has 1 fully saturated rings. The highest BCUT2D eigenvalue weighted by molar-refractivity contribution is 7.92. The molecule has 0 spiro atoms. The zero-order valence-corrected chi connectivity index (χ0v) is 11.6. The number of hydrogen-bond acceptors (Lipinski definition) is 4. The molecule has 2 unspecified atom stereocenters. The average molecular weight is 287 g/mol. The van der Waals surface area contributed by atoms with Gasteiger partial charge in [0.1, 0.15) is 16.0 Å². The molecule has 1 aromatic carbocycles. The number of sulfone groups is 1. The van der Waals surface area contributed by atoms with Crippen molar-refractivity contribution in [1.29, 1.82) is 0 Å². The molecule has 19 heavy (non-hydrogen) atoms. The number of hydrogen-bond donors (Lipinski definition) is 1. The third kappa shape index (κ3) is 2.96. The fourth-order valence-electron chi connectivity index (χ4n) is 2.35. The van der Waals surface area contributed by atoms with Crippen LogP contribution in [0.3, 0.4) is 0 Å². The lowest BCUT2D eigenvalue weighted by Crippen LogP contribution is -2.50. The molecule has 6 heteroatoms. The van der Waals surface area contributed by atoms with Crippen LogP contribution in [0.1, 0.15) is 13.3 Å². The standard InChI is InChI=1S/C13H18FNO3S/c1-2-15-11-7-8-18-9-13(11)19(16,17)12-6-4-3-5-10(12)14/h3-6,11,13,15H,2,7-9H2,1H3. The molecule has 0 aliphatic carbocycles. The first-order valence-corrected chi connectivity index (χ1v) is 7.91. The van der Waals surface area contributed by atoms with Crippen LogP contribution in [0.4, 0.5) is 4.39 Å². The van der Waals surface area contributed by atoms with Crippen LogP contribution in [0.25, 0.3) is 0 Å². The largest absolute Gasteiger partial charge is 0.380 e. The number of benzene rings is 1. The van der Waals surface area contributed by atoms with E-state index in [0.29, 0.717) is 19.6 Å². The molecule has 1 aliphatic heterocycles. The van der Waals surface area contributed by atoms with Gasteiger partial charge in [0, 0.05) is 12.6 Å². The fourth-order valence-corrected chi connectivity index (χ4v) is 4.23. The van der Waals surface area contributed by atoms with Crippen LogP contribution in [-0.2, 0) is 14.6 Å². The van der Waals surface area contributed by atoms with Gasteiger partial charge in [-0.3, -0.25) is 0 Å². The average Bonchev–Trinajstić information content (AvgIpc) is 2.40. The predicted molar refractivity (Wildman–Crippen MR) is 70.3 cm³/mol. The smallest absolute Gasteiger partial charge is 0.187 e. The number of rotatable bonds is 4. The molecule has 1 N–H and O–H groups in total. The third-order valence-corrected chi connectivity index (χ3v) is 5.52. The van der Waals surface area contributed by atoms with Crippen LogP contribution in [-0.4, -0.2) is 39.5 Å². The van der Waals surface area contributed by atoms with E-state index in [0.717, 1.165) is 0 Å². The Morgan fingerprint density at radius 3 is 2.84 bits per heavy atom. The van der Waals surface area contributed by atoms with Crippen LogP contribution >= 0.6 is 0 Å². The van der Waals surface area contributed by atoms with Crippen LogP contribution in [0.5, 0.6) is 0 Å². The lowest BCUT2D eigenvalue weighted by Gasteiger charge is -2.31. The lowest BCUT2D eigenvalue weighted by atomic mass is 10.1. The summed E-state index contributed by atoms with van der Waals surface area (Å²) in [4.78, 5) is -0.242. The minimum Gasteiger partial charge on any atom is -0.380 e. The Morgan fingerprint density at radius 1 is 1.42 bits per heavy atom. The molecule has 1 aliphatic rings. The van der Waals surface area contributed by atoms with Crippen molar-refractivity contribution in [2.75, 3.05) is 19.8 Å². The molecule has 1 saturated heterocycles. The van der Waals surface area contributed by atoms with E-state index in [4.69, 9.17) is 4.74 Å². The van der Waals surface area contributed by atoms with Crippen molar-refractivity contribution in [3.8, 4) is 0 Å². The Balaban J connectivity index is 2.35. The Labute approximate surface area is 112 Å². The minimum atomic E-state index is -3.73. The van der Waals surface area contributed by atoms with Crippen molar-refractivity contribution in [1.82, 2.24) is 5.32 Å². The molecule has 1 heterocycles. The van der Waals surface area contributed by atoms with E-state index in [2.05, 4.69) is 5.32 Å². The van der Waals surface area contributed by atoms with Gasteiger partial charge >= 0.3 is 0 Å². The molecule has 106 valence electrons. The maximum Gasteiger partial charge on any atom is 0.187 e. The Hall–Kier alpha value is -0.980.